The molecule has 184 valence electrons. The highest BCUT2D eigenvalue weighted by atomic mass is 16.3. The molecule has 3 aromatic carbocycles. The Kier molecular flexibility index (Phi) is 5.47. The Balaban J connectivity index is 1.36. The van der Waals surface area contributed by atoms with Crippen LogP contribution in [-0.2, 0) is 12.8 Å². The minimum absolute atomic E-state index is 0.270. The number of nitrogens with zero attached hydrogens (tertiary/aromatic N) is 4. The lowest BCUT2D eigenvalue weighted by molar-refractivity contribution is 0.476. The van der Waals surface area contributed by atoms with Gasteiger partial charge in [0.05, 0.1) is 5.52 Å². The average molecular weight is 488 g/mol. The van der Waals surface area contributed by atoms with Crippen molar-refractivity contribution < 1.29 is 5.11 Å². The summed E-state index contributed by atoms with van der Waals surface area (Å²) in [7, 11) is 0. The van der Waals surface area contributed by atoms with Gasteiger partial charge in [-0.2, -0.15) is 0 Å². The van der Waals surface area contributed by atoms with Crippen molar-refractivity contribution in [3.63, 3.8) is 0 Å². The van der Waals surface area contributed by atoms with Crippen LogP contribution in [-0.4, -0.2) is 45.2 Å². The molecule has 7 rings (SSSR count). The van der Waals surface area contributed by atoms with Gasteiger partial charge in [-0.1, -0.05) is 36.4 Å². The first kappa shape index (κ1) is 22.2. The number of fused-ring (bicyclic) bond motifs is 4. The summed E-state index contributed by atoms with van der Waals surface area (Å²) in [6.07, 6.45) is 7.73. The number of aromatic nitrogens is 3. The van der Waals surface area contributed by atoms with Crippen LogP contribution in [0.15, 0.2) is 79.1 Å². The lowest BCUT2D eigenvalue weighted by Gasteiger charge is -2.37. The molecule has 0 amide bonds. The highest BCUT2D eigenvalue weighted by molar-refractivity contribution is 6.00. The molecule has 2 saturated heterocycles. The second kappa shape index (κ2) is 9.12. The van der Waals surface area contributed by atoms with Gasteiger partial charge >= 0.3 is 0 Å². The van der Waals surface area contributed by atoms with E-state index in [9.17, 15) is 5.11 Å². The van der Waals surface area contributed by atoms with E-state index in [4.69, 9.17) is 9.97 Å². The van der Waals surface area contributed by atoms with Crippen molar-refractivity contribution in [1.29, 1.82) is 0 Å². The second-order valence-electron chi connectivity index (χ2n) is 10.2. The highest BCUT2D eigenvalue weighted by Gasteiger charge is 2.38. The molecule has 6 heteroatoms. The molecule has 0 radical (unpaired) electrons. The van der Waals surface area contributed by atoms with Crippen molar-refractivity contribution >= 4 is 27.5 Å². The Morgan fingerprint density at radius 1 is 0.865 bits per heavy atom. The quantitative estimate of drug-likeness (QED) is 0.352. The van der Waals surface area contributed by atoms with Gasteiger partial charge in [-0.3, -0.25) is 4.98 Å². The molecule has 2 aromatic heterocycles. The first-order chi connectivity index (χ1) is 18.2. The van der Waals surface area contributed by atoms with Gasteiger partial charge in [0.1, 0.15) is 17.4 Å². The molecule has 4 heterocycles. The Hall–Kier alpha value is -4.03. The fraction of sp³-hybridized carbons (Fsp3) is 0.258. The number of benzene rings is 3. The molecule has 0 aliphatic carbocycles. The zero-order chi connectivity index (χ0) is 24.8. The van der Waals surface area contributed by atoms with E-state index in [1.807, 2.05) is 42.6 Å². The molecule has 5 aromatic rings. The summed E-state index contributed by atoms with van der Waals surface area (Å²) in [5, 5.41) is 17.3. The van der Waals surface area contributed by atoms with Gasteiger partial charge in [0, 0.05) is 49.4 Å². The van der Waals surface area contributed by atoms with Crippen molar-refractivity contribution in [1.82, 2.24) is 20.3 Å². The van der Waals surface area contributed by atoms with E-state index in [2.05, 4.69) is 45.5 Å². The van der Waals surface area contributed by atoms with Gasteiger partial charge in [-0.05, 0) is 77.1 Å². The number of phenolic OH excluding ortho intramolecular Hbond substituents is 1. The maximum Gasteiger partial charge on any atom is 0.140 e. The molecule has 0 saturated carbocycles. The van der Waals surface area contributed by atoms with Crippen molar-refractivity contribution in [3.8, 4) is 16.9 Å². The number of piperazine rings is 1. The summed E-state index contributed by atoms with van der Waals surface area (Å²) in [4.78, 5) is 17.1. The van der Waals surface area contributed by atoms with E-state index < -0.39 is 0 Å². The van der Waals surface area contributed by atoms with Crippen molar-refractivity contribution in [2.45, 2.75) is 37.8 Å². The third-order valence-electron chi connectivity index (χ3n) is 7.87. The van der Waals surface area contributed by atoms with Crippen molar-refractivity contribution in [2.75, 3.05) is 18.0 Å². The topological polar surface area (TPSA) is 74.2 Å². The van der Waals surface area contributed by atoms with E-state index in [1.165, 1.54) is 18.4 Å². The van der Waals surface area contributed by atoms with Crippen LogP contribution in [0.2, 0.25) is 0 Å². The molecule has 37 heavy (non-hydrogen) atoms. The number of rotatable bonds is 5. The second-order valence-corrected chi connectivity index (χ2v) is 10.2. The Bertz CT molecular complexity index is 1590. The molecule has 2 atom stereocenters. The van der Waals surface area contributed by atoms with E-state index in [-0.39, 0.29) is 5.75 Å². The highest BCUT2D eigenvalue weighted by Crippen LogP contribution is 2.38. The fourth-order valence-corrected chi connectivity index (χ4v) is 6.10. The van der Waals surface area contributed by atoms with Gasteiger partial charge in [0.15, 0.2) is 0 Å². The van der Waals surface area contributed by atoms with Gasteiger partial charge < -0.3 is 15.3 Å². The zero-order valence-electron chi connectivity index (χ0n) is 20.6. The molecule has 2 unspecified atom stereocenters. The van der Waals surface area contributed by atoms with Crippen LogP contribution in [0.3, 0.4) is 0 Å². The number of aryl methyl sites for hydroxylation is 2. The largest absolute Gasteiger partial charge is 0.508 e. The van der Waals surface area contributed by atoms with Gasteiger partial charge in [-0.25, -0.2) is 9.97 Å². The Morgan fingerprint density at radius 2 is 1.73 bits per heavy atom. The summed E-state index contributed by atoms with van der Waals surface area (Å²) in [6.45, 7) is 2.00. The monoisotopic (exact) mass is 487 g/mol. The molecule has 2 aliphatic heterocycles. The zero-order valence-corrected chi connectivity index (χ0v) is 20.6. The molecule has 2 aliphatic rings. The van der Waals surface area contributed by atoms with Crippen LogP contribution < -0.4 is 10.2 Å². The van der Waals surface area contributed by atoms with Gasteiger partial charge in [0.2, 0.25) is 0 Å². The van der Waals surface area contributed by atoms with E-state index in [0.29, 0.717) is 12.1 Å². The summed E-state index contributed by atoms with van der Waals surface area (Å²) in [5.41, 5.74) is 4.20. The number of aromatic hydroxyl groups is 1. The third-order valence-corrected chi connectivity index (χ3v) is 7.87. The molecule has 2 bridgehead atoms. The average Bonchev–Trinajstić information content (AvgIpc) is 3.18. The SMILES string of the molecule is Oc1cc(-c2ccc3c(N4C5CCC4CNC5)nc(CCc4cccnc4)nc3c2)c2ccccc2c1. The lowest BCUT2D eigenvalue weighted by atomic mass is 9.96. The number of anilines is 1. The van der Waals surface area contributed by atoms with Crippen LogP contribution in [0.1, 0.15) is 24.2 Å². The molecule has 0 spiro atoms. The summed E-state index contributed by atoms with van der Waals surface area (Å²) < 4.78 is 0. The predicted molar refractivity (Wildman–Crippen MR) is 148 cm³/mol. The van der Waals surface area contributed by atoms with Crippen molar-refractivity contribution in [2.24, 2.45) is 0 Å². The Morgan fingerprint density at radius 3 is 2.57 bits per heavy atom. The van der Waals surface area contributed by atoms with E-state index in [1.54, 1.807) is 6.20 Å². The molecule has 2 N–H and O–H groups in total. The number of hydrogen-bond donors (Lipinski definition) is 2. The number of phenols is 1. The molecule has 6 nitrogen and oxygen atoms in total. The van der Waals surface area contributed by atoms with Crippen LogP contribution in [0.25, 0.3) is 32.8 Å². The smallest absolute Gasteiger partial charge is 0.140 e. The summed E-state index contributed by atoms with van der Waals surface area (Å²) in [6, 6.07) is 23.4. The number of nitrogens with one attached hydrogen (secondary N) is 1. The molecule has 2 fully saturated rings. The minimum atomic E-state index is 0.270. The number of pyridine rings is 1. The van der Waals surface area contributed by atoms with Crippen LogP contribution >= 0.6 is 0 Å². The predicted octanol–water partition coefficient (Wildman–Crippen LogP) is 5.28. The van der Waals surface area contributed by atoms with Crippen LogP contribution in [0.5, 0.6) is 5.75 Å². The maximum absolute atomic E-state index is 10.4. The fourth-order valence-electron chi connectivity index (χ4n) is 6.10. The van der Waals surface area contributed by atoms with E-state index >= 15 is 0 Å². The third kappa shape index (κ3) is 4.07. The van der Waals surface area contributed by atoms with Crippen LogP contribution in [0.4, 0.5) is 5.82 Å². The summed E-state index contributed by atoms with van der Waals surface area (Å²) >= 11 is 0. The first-order valence-corrected chi connectivity index (χ1v) is 13.1. The van der Waals surface area contributed by atoms with E-state index in [0.717, 1.165) is 70.4 Å². The lowest BCUT2D eigenvalue weighted by Crippen LogP contribution is -2.52. The molecular formula is C31H29N5O. The minimum Gasteiger partial charge on any atom is -0.508 e. The standard InChI is InChI=1S/C31H29N5O/c37-25-14-21-5-1-2-6-26(21)28(16-25)22-8-11-27-29(15-22)34-30(12-7-20-4-3-13-32-17-20)35-31(27)36-23-9-10-24(36)19-33-18-23/h1-6,8,11,13-17,23-24,33,37H,7,9-10,12,18-19H2. The summed E-state index contributed by atoms with van der Waals surface area (Å²) in [5.74, 6) is 2.20. The number of hydrogen-bond acceptors (Lipinski definition) is 6. The Labute approximate surface area is 216 Å². The molecular weight excluding hydrogens is 458 g/mol. The van der Waals surface area contributed by atoms with Gasteiger partial charge in [0.25, 0.3) is 0 Å². The maximum atomic E-state index is 10.4. The first-order valence-electron chi connectivity index (χ1n) is 13.1. The van der Waals surface area contributed by atoms with Crippen molar-refractivity contribution in [3.05, 3.63) is 90.5 Å². The van der Waals surface area contributed by atoms with Gasteiger partial charge in [-0.15, -0.1) is 0 Å². The van der Waals surface area contributed by atoms with Crippen LogP contribution in [0, 0.1) is 0 Å². The normalized spacial score (nSPS) is 19.1.